The molecule has 1 amide bonds. The van der Waals surface area contributed by atoms with Crippen LogP contribution in [0.3, 0.4) is 0 Å². The molecule has 1 fully saturated rings. The molecule has 140 valence electrons. The van der Waals surface area contributed by atoms with Crippen molar-refractivity contribution in [1.82, 2.24) is 20.0 Å². The highest BCUT2D eigenvalue weighted by Gasteiger charge is 2.26. The van der Waals surface area contributed by atoms with E-state index in [1.165, 1.54) is 11.3 Å². The van der Waals surface area contributed by atoms with Crippen molar-refractivity contribution >= 4 is 5.91 Å². The number of aromatic nitrogens is 2. The lowest BCUT2D eigenvalue weighted by Crippen LogP contribution is -2.39. The maximum absolute atomic E-state index is 12.1. The lowest BCUT2D eigenvalue weighted by atomic mass is 10.1. The molecule has 0 saturated carbocycles. The molecule has 2 atom stereocenters. The van der Waals surface area contributed by atoms with Crippen molar-refractivity contribution in [3.8, 4) is 5.69 Å². The molecule has 1 aromatic carbocycles. The number of hydrogen-bond donors (Lipinski definition) is 1. The molecule has 1 saturated heterocycles. The van der Waals surface area contributed by atoms with E-state index in [-0.39, 0.29) is 17.9 Å². The van der Waals surface area contributed by atoms with Gasteiger partial charge in [-0.1, -0.05) is 32.0 Å². The fourth-order valence-corrected chi connectivity index (χ4v) is 3.57. The summed E-state index contributed by atoms with van der Waals surface area (Å²) in [5, 5.41) is 7.95. The summed E-state index contributed by atoms with van der Waals surface area (Å²) in [6.45, 7) is 11.1. The first-order chi connectivity index (χ1) is 12.5. The number of nitrogens with zero attached hydrogens (tertiary/aromatic N) is 3. The summed E-state index contributed by atoms with van der Waals surface area (Å²) >= 11 is 0. The highest BCUT2D eigenvalue weighted by atomic mass is 16.1. The van der Waals surface area contributed by atoms with Crippen LogP contribution in [-0.2, 0) is 11.3 Å². The lowest BCUT2D eigenvalue weighted by Gasteiger charge is -2.18. The quantitative estimate of drug-likeness (QED) is 0.866. The van der Waals surface area contributed by atoms with Gasteiger partial charge in [-0.25, -0.2) is 4.68 Å². The summed E-state index contributed by atoms with van der Waals surface area (Å²) in [7, 11) is 0. The molecule has 2 aromatic rings. The van der Waals surface area contributed by atoms with Gasteiger partial charge in [0.25, 0.3) is 0 Å². The van der Waals surface area contributed by atoms with Crippen LogP contribution in [0.1, 0.15) is 43.6 Å². The second-order valence-corrected chi connectivity index (χ2v) is 7.44. The van der Waals surface area contributed by atoms with Crippen LogP contribution in [-0.4, -0.2) is 39.7 Å². The van der Waals surface area contributed by atoms with Crippen LogP contribution >= 0.6 is 0 Å². The Morgan fingerprint density at radius 1 is 1.31 bits per heavy atom. The van der Waals surface area contributed by atoms with Crippen molar-refractivity contribution in [3.05, 3.63) is 47.3 Å². The third kappa shape index (κ3) is 3.98. The van der Waals surface area contributed by atoms with E-state index in [0.717, 1.165) is 43.9 Å². The number of nitrogens with one attached hydrogen (secondary N) is 1. The van der Waals surface area contributed by atoms with E-state index >= 15 is 0 Å². The molecule has 1 aliphatic rings. The number of carbonyl (C=O) groups is 1. The van der Waals surface area contributed by atoms with Crippen LogP contribution < -0.4 is 5.32 Å². The highest BCUT2D eigenvalue weighted by molar-refractivity contribution is 5.78. The van der Waals surface area contributed by atoms with Gasteiger partial charge in [0.2, 0.25) is 5.91 Å². The molecule has 5 heteroatoms. The maximum Gasteiger partial charge on any atom is 0.223 e. The molecule has 5 nitrogen and oxygen atoms in total. The van der Waals surface area contributed by atoms with Crippen molar-refractivity contribution < 1.29 is 4.79 Å². The number of para-hydroxylation sites is 1. The van der Waals surface area contributed by atoms with E-state index in [9.17, 15) is 4.79 Å². The van der Waals surface area contributed by atoms with Crippen molar-refractivity contribution in [2.24, 2.45) is 5.92 Å². The van der Waals surface area contributed by atoms with Crippen LogP contribution in [0, 0.1) is 19.8 Å². The number of benzene rings is 1. The monoisotopic (exact) mass is 354 g/mol. The van der Waals surface area contributed by atoms with Gasteiger partial charge in [-0.3, -0.25) is 9.69 Å². The topological polar surface area (TPSA) is 50.2 Å². The van der Waals surface area contributed by atoms with Crippen LogP contribution in [0.4, 0.5) is 0 Å². The highest BCUT2D eigenvalue weighted by Crippen LogP contribution is 2.22. The van der Waals surface area contributed by atoms with Crippen molar-refractivity contribution in [1.29, 1.82) is 0 Å². The average molecular weight is 354 g/mol. The van der Waals surface area contributed by atoms with Crippen LogP contribution in [0.25, 0.3) is 5.69 Å². The first-order valence-corrected chi connectivity index (χ1v) is 9.62. The number of amides is 1. The fraction of sp³-hybridized carbons (Fsp3) is 0.524. The number of hydrogen-bond acceptors (Lipinski definition) is 3. The van der Waals surface area contributed by atoms with Crippen LogP contribution in [0.2, 0.25) is 0 Å². The molecular weight excluding hydrogens is 324 g/mol. The van der Waals surface area contributed by atoms with E-state index in [0.29, 0.717) is 0 Å². The molecule has 3 rings (SSSR count). The molecule has 0 spiro atoms. The van der Waals surface area contributed by atoms with Gasteiger partial charge >= 0.3 is 0 Å². The van der Waals surface area contributed by atoms with Gasteiger partial charge in [0.1, 0.15) is 0 Å². The second-order valence-electron chi connectivity index (χ2n) is 7.44. The van der Waals surface area contributed by atoms with Gasteiger partial charge < -0.3 is 5.32 Å². The van der Waals surface area contributed by atoms with Gasteiger partial charge in [-0.05, 0) is 38.8 Å². The largest absolute Gasteiger partial charge is 0.352 e. The van der Waals surface area contributed by atoms with Crippen molar-refractivity contribution in [2.45, 2.75) is 53.1 Å². The normalized spacial score (nSPS) is 18.8. The first kappa shape index (κ1) is 18.6. The molecular formula is C21H30N4O. The molecule has 1 aromatic heterocycles. The molecule has 0 bridgehead atoms. The molecule has 1 aliphatic heterocycles. The number of likely N-dealkylation sites (tertiary alicyclic amines) is 1. The number of carbonyl (C=O) groups excluding carboxylic acids is 1. The Morgan fingerprint density at radius 3 is 2.73 bits per heavy atom. The van der Waals surface area contributed by atoms with Crippen molar-refractivity contribution in [2.75, 3.05) is 13.1 Å². The summed E-state index contributed by atoms with van der Waals surface area (Å²) in [4.78, 5) is 14.5. The third-order valence-electron chi connectivity index (χ3n) is 5.50. The van der Waals surface area contributed by atoms with E-state index in [1.807, 2.05) is 29.8 Å². The van der Waals surface area contributed by atoms with E-state index in [4.69, 9.17) is 5.10 Å². The predicted molar refractivity (Wildman–Crippen MR) is 104 cm³/mol. The fourth-order valence-electron chi connectivity index (χ4n) is 3.57. The maximum atomic E-state index is 12.1. The molecule has 0 aliphatic carbocycles. The standard InChI is InChI=1S/C21H30N4O/c1-5-15(2)21(26)22-18-11-12-24(13-18)14-20-16(3)23-25(17(20)4)19-9-7-6-8-10-19/h6-10,15,18H,5,11-14H2,1-4H3,(H,22,26). The first-order valence-electron chi connectivity index (χ1n) is 9.62. The zero-order valence-electron chi connectivity index (χ0n) is 16.3. The van der Waals surface area contributed by atoms with Crippen molar-refractivity contribution in [3.63, 3.8) is 0 Å². The second kappa shape index (κ2) is 8.04. The van der Waals surface area contributed by atoms with Crippen LogP contribution in [0.5, 0.6) is 0 Å². The van der Waals surface area contributed by atoms with E-state index < -0.39 is 0 Å². The summed E-state index contributed by atoms with van der Waals surface area (Å²) in [6.07, 6.45) is 1.91. The van der Waals surface area contributed by atoms with Gasteiger partial charge in [-0.15, -0.1) is 0 Å². The van der Waals surface area contributed by atoms with E-state index in [2.05, 4.69) is 43.1 Å². The summed E-state index contributed by atoms with van der Waals surface area (Å²) < 4.78 is 2.03. The van der Waals surface area contributed by atoms with Crippen LogP contribution in [0.15, 0.2) is 30.3 Å². The minimum atomic E-state index is 0.0950. The average Bonchev–Trinajstić information content (AvgIpc) is 3.21. The predicted octanol–water partition coefficient (Wildman–Crippen LogP) is 3.23. The zero-order valence-corrected chi connectivity index (χ0v) is 16.3. The summed E-state index contributed by atoms with van der Waals surface area (Å²) in [5.41, 5.74) is 4.67. The smallest absolute Gasteiger partial charge is 0.223 e. The Balaban J connectivity index is 1.65. The molecule has 1 N–H and O–H groups in total. The minimum absolute atomic E-state index is 0.0950. The summed E-state index contributed by atoms with van der Waals surface area (Å²) in [5.74, 6) is 0.279. The number of rotatable bonds is 6. The Hall–Kier alpha value is -2.14. The zero-order chi connectivity index (χ0) is 18.7. The molecule has 0 radical (unpaired) electrons. The Kier molecular flexibility index (Phi) is 5.77. The SMILES string of the molecule is CCC(C)C(=O)NC1CCN(Cc2c(C)nn(-c3ccccc3)c2C)C1. The molecule has 2 heterocycles. The van der Waals surface area contributed by atoms with Gasteiger partial charge in [-0.2, -0.15) is 5.10 Å². The van der Waals surface area contributed by atoms with Gasteiger partial charge in [0.15, 0.2) is 0 Å². The summed E-state index contributed by atoms with van der Waals surface area (Å²) in [6, 6.07) is 10.5. The Bertz CT molecular complexity index is 753. The number of aryl methyl sites for hydroxylation is 1. The molecule has 26 heavy (non-hydrogen) atoms. The van der Waals surface area contributed by atoms with Gasteiger partial charge in [0, 0.05) is 42.9 Å². The van der Waals surface area contributed by atoms with E-state index in [1.54, 1.807) is 0 Å². The minimum Gasteiger partial charge on any atom is -0.352 e. The van der Waals surface area contributed by atoms with Gasteiger partial charge in [0.05, 0.1) is 11.4 Å². The third-order valence-corrected chi connectivity index (χ3v) is 5.50. The Labute approximate surface area is 156 Å². The molecule has 2 unspecified atom stereocenters. The lowest BCUT2D eigenvalue weighted by molar-refractivity contribution is -0.125. The Morgan fingerprint density at radius 2 is 2.04 bits per heavy atom.